The highest BCUT2D eigenvalue weighted by Crippen LogP contribution is 2.38. The van der Waals surface area contributed by atoms with E-state index in [1.54, 1.807) is 14.2 Å². The molecule has 178 valence electrons. The summed E-state index contributed by atoms with van der Waals surface area (Å²) in [6, 6.07) is 3.80. The summed E-state index contributed by atoms with van der Waals surface area (Å²) in [4.78, 5) is 34.4. The van der Waals surface area contributed by atoms with Crippen molar-refractivity contribution in [2.24, 2.45) is 0 Å². The van der Waals surface area contributed by atoms with Gasteiger partial charge in [-0.05, 0) is 55.4 Å². The molecule has 1 aliphatic heterocycles. The van der Waals surface area contributed by atoms with E-state index in [1.165, 1.54) is 6.42 Å². The molecule has 9 heteroatoms. The number of amides is 1. The van der Waals surface area contributed by atoms with Gasteiger partial charge in [0.2, 0.25) is 11.8 Å². The van der Waals surface area contributed by atoms with Gasteiger partial charge in [0, 0.05) is 6.54 Å². The molecule has 1 amide bonds. The third kappa shape index (κ3) is 4.83. The maximum atomic E-state index is 13.0. The van der Waals surface area contributed by atoms with E-state index in [1.807, 2.05) is 24.0 Å². The molecule has 8 nitrogen and oxygen atoms in total. The highest BCUT2D eigenvalue weighted by atomic mass is 32.2. The summed E-state index contributed by atoms with van der Waals surface area (Å²) in [7, 11) is 3.21. The van der Waals surface area contributed by atoms with Crippen LogP contribution < -0.4 is 15.0 Å². The molecule has 2 N–H and O–H groups in total. The fraction of sp³-hybridized carbons (Fsp3) is 0.542. The zero-order valence-electron chi connectivity index (χ0n) is 19.3. The van der Waals surface area contributed by atoms with E-state index < -0.39 is 0 Å². The first kappa shape index (κ1) is 23.5. The van der Waals surface area contributed by atoms with Crippen LogP contribution in [-0.2, 0) is 11.2 Å². The number of aromatic hydroxyl groups is 1. The fourth-order valence-corrected chi connectivity index (χ4v) is 5.72. The molecule has 2 aromatic rings. The van der Waals surface area contributed by atoms with Crippen LogP contribution >= 0.6 is 11.8 Å². The second-order valence-electron chi connectivity index (χ2n) is 8.65. The lowest BCUT2D eigenvalue weighted by atomic mass is 9.85. The molecule has 1 unspecified atom stereocenters. The largest absolute Gasteiger partial charge is 0.493 e. The summed E-state index contributed by atoms with van der Waals surface area (Å²) in [6.07, 6.45) is 5.80. The van der Waals surface area contributed by atoms with Gasteiger partial charge in [0.15, 0.2) is 16.7 Å². The number of rotatable bonds is 6. The van der Waals surface area contributed by atoms with Gasteiger partial charge in [0.1, 0.15) is 0 Å². The van der Waals surface area contributed by atoms with Crippen LogP contribution in [0.4, 0.5) is 0 Å². The second-order valence-corrected chi connectivity index (χ2v) is 9.62. The first-order valence-corrected chi connectivity index (χ1v) is 12.4. The van der Waals surface area contributed by atoms with Crippen LogP contribution in [0.1, 0.15) is 67.7 Å². The van der Waals surface area contributed by atoms with E-state index in [9.17, 15) is 14.7 Å². The Morgan fingerprint density at radius 2 is 1.91 bits per heavy atom. The molecule has 1 aromatic carbocycles. The van der Waals surface area contributed by atoms with E-state index in [4.69, 9.17) is 9.47 Å². The molecule has 4 rings (SSSR count). The van der Waals surface area contributed by atoms with Crippen LogP contribution in [0.15, 0.2) is 22.1 Å². The molecule has 0 saturated heterocycles. The number of thioether (sulfide) groups is 1. The molecule has 1 fully saturated rings. The molecular weight excluding hydrogens is 442 g/mol. The zero-order valence-corrected chi connectivity index (χ0v) is 20.2. The molecule has 33 heavy (non-hydrogen) atoms. The smallest absolute Gasteiger partial charge is 0.258 e. The number of hydrogen-bond donors (Lipinski definition) is 2. The summed E-state index contributed by atoms with van der Waals surface area (Å²) in [5, 5.41) is 10.7. The van der Waals surface area contributed by atoms with Crippen molar-refractivity contribution in [1.82, 2.24) is 14.9 Å². The zero-order chi connectivity index (χ0) is 23.5. The van der Waals surface area contributed by atoms with Gasteiger partial charge < -0.3 is 24.5 Å². The highest BCUT2D eigenvalue weighted by molar-refractivity contribution is 7.99. The van der Waals surface area contributed by atoms with Gasteiger partial charge in [-0.15, -0.1) is 0 Å². The number of nitrogens with one attached hydrogen (secondary N) is 1. The van der Waals surface area contributed by atoms with Gasteiger partial charge in [-0.1, -0.05) is 31.0 Å². The summed E-state index contributed by atoms with van der Waals surface area (Å²) in [5.74, 6) is 1.25. The molecule has 0 radical (unpaired) electrons. The Morgan fingerprint density at radius 1 is 1.21 bits per heavy atom. The number of carbonyl (C=O) groups excluding carboxylic acids is 1. The predicted octanol–water partition coefficient (Wildman–Crippen LogP) is 3.78. The van der Waals surface area contributed by atoms with E-state index in [0.29, 0.717) is 23.6 Å². The van der Waals surface area contributed by atoms with Crippen molar-refractivity contribution in [2.45, 2.75) is 62.6 Å². The van der Waals surface area contributed by atoms with Crippen LogP contribution in [0.25, 0.3) is 0 Å². The van der Waals surface area contributed by atoms with Crippen LogP contribution in [0.3, 0.4) is 0 Å². The lowest BCUT2D eigenvalue weighted by molar-refractivity contribution is -0.130. The number of nitrogens with zero attached hydrogens (tertiary/aromatic N) is 2. The minimum Gasteiger partial charge on any atom is -0.493 e. The molecule has 1 atom stereocenters. The van der Waals surface area contributed by atoms with Crippen LogP contribution in [0.5, 0.6) is 17.4 Å². The topological polar surface area (TPSA) is 105 Å². The number of ether oxygens (including phenoxy) is 2. The minimum atomic E-state index is -0.300. The average Bonchev–Trinajstić information content (AvgIpc) is 2.82. The lowest BCUT2D eigenvalue weighted by Crippen LogP contribution is -2.40. The SMILES string of the molecule is COc1cc2c(cc1OC)C(C)N(C(=O)CSc1nc(O)c(C3CCCCC3)c(=O)[nH]1)CC2. The number of fused-ring (bicyclic) bond motifs is 1. The van der Waals surface area contributed by atoms with Crippen molar-refractivity contribution in [2.75, 3.05) is 26.5 Å². The van der Waals surface area contributed by atoms with Gasteiger partial charge in [-0.2, -0.15) is 4.98 Å². The Balaban J connectivity index is 1.44. The molecule has 1 aromatic heterocycles. The number of aromatic amines is 1. The molecule has 2 aliphatic rings. The highest BCUT2D eigenvalue weighted by Gasteiger charge is 2.29. The molecule has 0 bridgehead atoms. The summed E-state index contributed by atoms with van der Waals surface area (Å²) in [5.41, 5.74) is 2.27. The number of aromatic nitrogens is 2. The van der Waals surface area contributed by atoms with E-state index in [0.717, 1.165) is 55.0 Å². The third-order valence-electron chi connectivity index (χ3n) is 6.76. The Labute approximate surface area is 197 Å². The van der Waals surface area contributed by atoms with Gasteiger partial charge in [-0.3, -0.25) is 9.59 Å². The van der Waals surface area contributed by atoms with Crippen molar-refractivity contribution in [3.8, 4) is 17.4 Å². The summed E-state index contributed by atoms with van der Waals surface area (Å²) < 4.78 is 10.8. The maximum absolute atomic E-state index is 13.0. The molecule has 1 saturated carbocycles. The fourth-order valence-electron chi connectivity index (χ4n) is 4.98. The molecule has 0 spiro atoms. The minimum absolute atomic E-state index is 0.0496. The first-order valence-electron chi connectivity index (χ1n) is 11.4. The van der Waals surface area contributed by atoms with Crippen LogP contribution in [-0.4, -0.2) is 52.4 Å². The average molecular weight is 474 g/mol. The molecular formula is C24H31N3O5S. The summed E-state index contributed by atoms with van der Waals surface area (Å²) in [6.45, 7) is 2.59. The van der Waals surface area contributed by atoms with Gasteiger partial charge in [0.25, 0.3) is 5.56 Å². The van der Waals surface area contributed by atoms with Crippen LogP contribution in [0.2, 0.25) is 0 Å². The van der Waals surface area contributed by atoms with Crippen LogP contribution in [0, 0.1) is 0 Å². The Hall–Kier alpha value is -2.68. The molecule has 1 aliphatic carbocycles. The van der Waals surface area contributed by atoms with E-state index >= 15 is 0 Å². The van der Waals surface area contributed by atoms with Gasteiger partial charge in [0.05, 0.1) is 31.6 Å². The first-order chi connectivity index (χ1) is 15.9. The monoisotopic (exact) mass is 473 g/mol. The van der Waals surface area contributed by atoms with Crippen molar-refractivity contribution >= 4 is 17.7 Å². The standard InChI is InChI=1S/C24H31N3O5S/c1-14-17-12-19(32-3)18(31-2)11-16(17)9-10-27(14)20(28)13-33-24-25-22(29)21(23(30)26-24)15-7-5-4-6-8-15/h11-12,14-15H,4-10,13H2,1-3H3,(H2,25,26,29,30). The molecule has 2 heterocycles. The lowest BCUT2D eigenvalue weighted by Gasteiger charge is -2.35. The van der Waals surface area contributed by atoms with Crippen molar-refractivity contribution in [3.05, 3.63) is 39.2 Å². The van der Waals surface area contributed by atoms with Gasteiger partial charge in [-0.25, -0.2) is 0 Å². The maximum Gasteiger partial charge on any atom is 0.258 e. The second kappa shape index (κ2) is 10.1. The quantitative estimate of drug-likeness (QED) is 0.486. The number of carbonyl (C=O) groups is 1. The Kier molecular flexibility index (Phi) is 7.17. The number of H-pyrrole nitrogens is 1. The third-order valence-corrected chi connectivity index (χ3v) is 7.62. The van der Waals surface area contributed by atoms with Crippen molar-refractivity contribution in [3.63, 3.8) is 0 Å². The normalized spacial score (nSPS) is 18.6. The van der Waals surface area contributed by atoms with Crippen molar-refractivity contribution < 1.29 is 19.4 Å². The van der Waals surface area contributed by atoms with E-state index in [-0.39, 0.29) is 40.2 Å². The van der Waals surface area contributed by atoms with Gasteiger partial charge >= 0.3 is 0 Å². The van der Waals surface area contributed by atoms with E-state index in [2.05, 4.69) is 9.97 Å². The van der Waals surface area contributed by atoms with Crippen molar-refractivity contribution in [1.29, 1.82) is 0 Å². The Bertz CT molecular complexity index is 1080. The predicted molar refractivity (Wildman–Crippen MR) is 126 cm³/mol. The summed E-state index contributed by atoms with van der Waals surface area (Å²) >= 11 is 1.14. The number of hydrogen-bond acceptors (Lipinski definition) is 7. The number of methoxy groups -OCH3 is 2. The Morgan fingerprint density at radius 3 is 2.58 bits per heavy atom. The number of benzene rings is 1.